The first-order chi connectivity index (χ1) is 12.0. The molecule has 26 heavy (non-hydrogen) atoms. The highest BCUT2D eigenvalue weighted by Gasteiger charge is 2.36. The van der Waals surface area contributed by atoms with Gasteiger partial charge in [0.25, 0.3) is 0 Å². The summed E-state index contributed by atoms with van der Waals surface area (Å²) in [6, 6.07) is 4.15. The molecule has 146 valence electrons. The fourth-order valence-corrected chi connectivity index (χ4v) is 5.34. The van der Waals surface area contributed by atoms with E-state index in [1.807, 2.05) is 13.8 Å². The molecule has 1 aliphatic heterocycles. The molecule has 0 atom stereocenters. The molecule has 0 unspecified atom stereocenters. The van der Waals surface area contributed by atoms with Gasteiger partial charge in [-0.15, -0.1) is 0 Å². The van der Waals surface area contributed by atoms with E-state index in [0.717, 1.165) is 0 Å². The largest absolute Gasteiger partial charge is 0.379 e. The Kier molecular flexibility index (Phi) is 6.43. The van der Waals surface area contributed by atoms with E-state index in [4.69, 9.17) is 4.74 Å². The molecular formula is C16H24N2O6S2. The molecule has 1 heterocycles. The standard InChI is InChI=1S/C16H24N2O6S2/c1-12(2)24-9-4-8-17-26(22,23)15-11-14(6-5-13(15)3)18-16(19)7-10-25(18,20)21/h5-6,11-12,17H,4,7-10H2,1-3H3. The van der Waals surface area contributed by atoms with Crippen molar-refractivity contribution in [3.8, 4) is 0 Å². The molecule has 10 heteroatoms. The number of rotatable bonds is 8. The molecule has 1 aliphatic rings. The van der Waals surface area contributed by atoms with Crippen molar-refractivity contribution in [2.75, 3.05) is 23.2 Å². The molecule has 1 saturated heterocycles. The maximum absolute atomic E-state index is 12.6. The lowest BCUT2D eigenvalue weighted by Crippen LogP contribution is -2.30. The number of benzene rings is 1. The minimum absolute atomic E-state index is 0.0432. The predicted molar refractivity (Wildman–Crippen MR) is 98.0 cm³/mol. The molecule has 1 aromatic carbocycles. The zero-order valence-corrected chi connectivity index (χ0v) is 16.7. The molecular weight excluding hydrogens is 380 g/mol. The van der Waals surface area contributed by atoms with Crippen molar-refractivity contribution in [1.82, 2.24) is 4.72 Å². The average Bonchev–Trinajstić information content (AvgIpc) is 2.80. The number of nitrogens with zero attached hydrogens (tertiary/aromatic N) is 1. The summed E-state index contributed by atoms with van der Waals surface area (Å²) in [5.41, 5.74) is 0.505. The summed E-state index contributed by atoms with van der Waals surface area (Å²) in [7, 11) is -7.58. The lowest BCUT2D eigenvalue weighted by molar-refractivity contribution is -0.116. The van der Waals surface area contributed by atoms with Crippen LogP contribution < -0.4 is 9.03 Å². The van der Waals surface area contributed by atoms with Gasteiger partial charge in [-0.1, -0.05) is 6.07 Å². The van der Waals surface area contributed by atoms with Gasteiger partial charge in [0.2, 0.25) is 26.0 Å². The van der Waals surface area contributed by atoms with Crippen LogP contribution in [0.5, 0.6) is 0 Å². The van der Waals surface area contributed by atoms with Gasteiger partial charge in [-0.2, -0.15) is 0 Å². The Balaban J connectivity index is 2.20. The third-order valence-electron chi connectivity index (χ3n) is 3.84. The van der Waals surface area contributed by atoms with Gasteiger partial charge < -0.3 is 4.74 Å². The predicted octanol–water partition coefficient (Wildman–Crippen LogP) is 1.15. The van der Waals surface area contributed by atoms with Crippen molar-refractivity contribution in [2.45, 2.75) is 44.6 Å². The second-order valence-electron chi connectivity index (χ2n) is 6.34. The quantitative estimate of drug-likeness (QED) is 0.651. The highest BCUT2D eigenvalue weighted by Crippen LogP contribution is 2.28. The van der Waals surface area contributed by atoms with Gasteiger partial charge in [0.05, 0.1) is 22.4 Å². The van der Waals surface area contributed by atoms with Gasteiger partial charge in [-0.25, -0.2) is 25.9 Å². The van der Waals surface area contributed by atoms with E-state index in [1.54, 1.807) is 6.92 Å². The molecule has 8 nitrogen and oxygen atoms in total. The molecule has 0 radical (unpaired) electrons. The van der Waals surface area contributed by atoms with Crippen LogP contribution in [0.3, 0.4) is 0 Å². The van der Waals surface area contributed by atoms with E-state index in [9.17, 15) is 21.6 Å². The third kappa shape index (κ3) is 4.81. The van der Waals surface area contributed by atoms with Crippen molar-refractivity contribution >= 4 is 31.6 Å². The molecule has 1 aromatic rings. The van der Waals surface area contributed by atoms with Crippen molar-refractivity contribution in [3.05, 3.63) is 23.8 Å². The van der Waals surface area contributed by atoms with Gasteiger partial charge in [0, 0.05) is 19.6 Å². The normalized spacial score (nSPS) is 17.2. The first-order valence-electron chi connectivity index (χ1n) is 8.32. The molecule has 1 amide bonds. The minimum Gasteiger partial charge on any atom is -0.379 e. The Morgan fingerprint density at radius 3 is 2.58 bits per heavy atom. The van der Waals surface area contributed by atoms with Crippen LogP contribution in [0.15, 0.2) is 23.1 Å². The Hall–Kier alpha value is -1.49. The molecule has 0 saturated carbocycles. The summed E-state index contributed by atoms with van der Waals surface area (Å²) in [6.45, 7) is 6.03. The van der Waals surface area contributed by atoms with Crippen molar-refractivity contribution < 1.29 is 26.4 Å². The fraction of sp³-hybridized carbons (Fsp3) is 0.562. The van der Waals surface area contributed by atoms with Crippen LogP contribution in [0.2, 0.25) is 0 Å². The van der Waals surface area contributed by atoms with Gasteiger partial charge in [-0.05, 0) is 44.9 Å². The highest BCUT2D eigenvalue weighted by molar-refractivity contribution is 7.94. The van der Waals surface area contributed by atoms with Gasteiger partial charge in [0.15, 0.2) is 0 Å². The highest BCUT2D eigenvalue weighted by atomic mass is 32.2. The second-order valence-corrected chi connectivity index (χ2v) is 10.0. The summed E-state index contributed by atoms with van der Waals surface area (Å²) in [5.74, 6) is -0.827. The molecule has 1 fully saturated rings. The van der Waals surface area contributed by atoms with Gasteiger partial charge in [0.1, 0.15) is 0 Å². The van der Waals surface area contributed by atoms with Crippen LogP contribution in [0, 0.1) is 6.92 Å². The van der Waals surface area contributed by atoms with Crippen LogP contribution in [0.25, 0.3) is 0 Å². The van der Waals surface area contributed by atoms with Crippen LogP contribution in [0.1, 0.15) is 32.3 Å². The Morgan fingerprint density at radius 1 is 1.31 bits per heavy atom. The van der Waals surface area contributed by atoms with Crippen LogP contribution in [-0.4, -0.2) is 47.8 Å². The maximum atomic E-state index is 12.6. The Morgan fingerprint density at radius 2 is 2.00 bits per heavy atom. The molecule has 0 aromatic heterocycles. The number of carbonyl (C=O) groups excluding carboxylic acids is 1. The summed E-state index contributed by atoms with van der Waals surface area (Å²) in [6.07, 6.45) is 0.479. The van der Waals surface area contributed by atoms with E-state index in [1.165, 1.54) is 18.2 Å². The lowest BCUT2D eigenvalue weighted by atomic mass is 10.2. The van der Waals surface area contributed by atoms with E-state index >= 15 is 0 Å². The summed E-state index contributed by atoms with van der Waals surface area (Å²) in [4.78, 5) is 11.9. The smallest absolute Gasteiger partial charge is 0.242 e. The van der Waals surface area contributed by atoms with Crippen molar-refractivity contribution in [2.24, 2.45) is 0 Å². The molecule has 2 rings (SSSR count). The zero-order chi connectivity index (χ0) is 19.5. The van der Waals surface area contributed by atoms with E-state index in [0.29, 0.717) is 22.9 Å². The number of hydrogen-bond donors (Lipinski definition) is 1. The molecule has 0 spiro atoms. The zero-order valence-electron chi connectivity index (χ0n) is 15.1. The number of aryl methyl sites for hydroxylation is 1. The first kappa shape index (κ1) is 20.8. The molecule has 0 bridgehead atoms. The monoisotopic (exact) mass is 404 g/mol. The number of amides is 1. The summed E-state index contributed by atoms with van der Waals surface area (Å²) in [5, 5.41) is 0. The van der Waals surface area contributed by atoms with Crippen molar-refractivity contribution in [3.63, 3.8) is 0 Å². The summed E-state index contributed by atoms with van der Waals surface area (Å²) >= 11 is 0. The van der Waals surface area contributed by atoms with Crippen LogP contribution in [-0.2, 0) is 29.6 Å². The van der Waals surface area contributed by atoms with E-state index in [2.05, 4.69) is 4.72 Å². The second kappa shape index (κ2) is 8.03. The van der Waals surface area contributed by atoms with E-state index in [-0.39, 0.29) is 35.4 Å². The maximum Gasteiger partial charge on any atom is 0.242 e. The van der Waals surface area contributed by atoms with Crippen molar-refractivity contribution in [1.29, 1.82) is 0 Å². The number of carbonyl (C=O) groups is 1. The van der Waals surface area contributed by atoms with Gasteiger partial charge >= 0.3 is 0 Å². The van der Waals surface area contributed by atoms with Crippen LogP contribution in [0.4, 0.5) is 5.69 Å². The first-order valence-corrected chi connectivity index (χ1v) is 11.4. The Bertz CT molecular complexity index is 878. The van der Waals surface area contributed by atoms with Gasteiger partial charge in [-0.3, -0.25) is 4.79 Å². The number of sulfonamides is 2. The fourth-order valence-electron chi connectivity index (χ4n) is 2.55. The summed E-state index contributed by atoms with van der Waals surface area (Å²) < 4.78 is 57.7. The topological polar surface area (TPSA) is 110 Å². The minimum atomic E-state index is -3.84. The number of ether oxygens (including phenoxy) is 1. The number of hydrogen-bond acceptors (Lipinski definition) is 6. The molecule has 0 aliphatic carbocycles. The lowest BCUT2D eigenvalue weighted by Gasteiger charge is -2.17. The van der Waals surface area contributed by atoms with E-state index < -0.39 is 26.0 Å². The number of nitrogens with one attached hydrogen (secondary N) is 1. The number of anilines is 1. The molecule has 1 N–H and O–H groups in total. The van der Waals surface area contributed by atoms with Crippen LogP contribution >= 0.6 is 0 Å². The third-order valence-corrected chi connectivity index (χ3v) is 7.13. The average molecular weight is 405 g/mol. The Labute approximate surface area is 154 Å². The SMILES string of the molecule is Cc1ccc(N2C(=O)CCS2(=O)=O)cc1S(=O)(=O)NCCCOC(C)C.